The Hall–Kier alpha value is -7.53. The Kier molecular flexibility index (Phi) is 13.7. The number of hydrogen-bond donors (Lipinski definition) is 3. The smallest absolute Gasteiger partial charge is 0.388 e. The van der Waals surface area contributed by atoms with Gasteiger partial charge in [-0.05, 0) is 22.3 Å². The number of oxime groups is 1. The molecule has 2 aliphatic rings. The van der Waals surface area contributed by atoms with Gasteiger partial charge in [0, 0.05) is 45.0 Å². The highest BCUT2D eigenvalue weighted by molar-refractivity contribution is 8.01. The number of carbonyl (C=O) groups excluding carboxylic acids is 3. The molecule has 0 aliphatic carbocycles. The number of carbonyl (C=O) groups is 4. The number of β-lactam (4-membered cyclic amide) rings is 1. The number of nitrogens with zero attached hydrogens (tertiary/aromatic N) is 4. The third-order valence-corrected chi connectivity index (χ3v) is 15.3. The zero-order chi connectivity index (χ0) is 48.0. The zero-order valence-corrected chi connectivity index (χ0v) is 39.7. The van der Waals surface area contributed by atoms with Crippen LogP contribution < -0.4 is 15.2 Å². The van der Waals surface area contributed by atoms with Gasteiger partial charge >= 0.3 is 17.5 Å². The van der Waals surface area contributed by atoms with Crippen LogP contribution in [0.2, 0.25) is 0 Å². The molecule has 5 aromatic carbocycles. The summed E-state index contributed by atoms with van der Waals surface area (Å²) in [6, 6.07) is 51.6. The molecule has 16 heteroatoms. The highest BCUT2D eigenvalue weighted by Crippen LogP contribution is 2.43. The number of benzene rings is 5. The van der Waals surface area contributed by atoms with Crippen molar-refractivity contribution >= 4 is 69.5 Å². The number of rotatable bonds is 17. The van der Waals surface area contributed by atoms with Crippen molar-refractivity contribution in [2.75, 3.05) is 31.0 Å². The molecule has 0 radical (unpaired) electrons. The number of thiazole rings is 1. The van der Waals surface area contributed by atoms with E-state index in [2.05, 4.69) is 52.2 Å². The summed E-state index contributed by atoms with van der Waals surface area (Å²) in [7, 11) is 2.69. The molecule has 2 aromatic heterocycles. The van der Waals surface area contributed by atoms with Crippen molar-refractivity contribution in [3.8, 4) is 0 Å². The van der Waals surface area contributed by atoms with Gasteiger partial charge in [0.1, 0.15) is 35.5 Å². The van der Waals surface area contributed by atoms with E-state index in [1.54, 1.807) is 17.8 Å². The van der Waals surface area contributed by atoms with E-state index in [0.29, 0.717) is 27.6 Å². The van der Waals surface area contributed by atoms with Gasteiger partial charge in [-0.25, -0.2) is 14.6 Å². The SMILES string of the molecule is CON=C(C(=O)N[C@@H]1C(=O)N2C(C(=O)O)=C(CSc3cc[n+](C(C(=O)OC)(c4ccccc4)c4ccccc4)cc3)CS[C@H]12)c1csc(NC(c2ccccc2)(c2ccccc2)c2ccccc2)n1. The Bertz CT molecular complexity index is 2900. The summed E-state index contributed by atoms with van der Waals surface area (Å²) >= 11 is 4.06. The number of amides is 2. The quantitative estimate of drug-likeness (QED) is 0.0156. The molecule has 0 unspecified atom stereocenters. The molecule has 3 N–H and O–H groups in total. The van der Waals surface area contributed by atoms with Crippen LogP contribution in [-0.2, 0) is 39.8 Å². The number of ether oxygens (including phenoxy) is 1. The van der Waals surface area contributed by atoms with Crippen LogP contribution in [0.3, 0.4) is 0 Å². The lowest BCUT2D eigenvalue weighted by molar-refractivity contribution is -0.731. The minimum Gasteiger partial charge on any atom is -0.477 e. The lowest BCUT2D eigenvalue weighted by Crippen LogP contribution is -2.71. The van der Waals surface area contributed by atoms with Crippen LogP contribution in [0.1, 0.15) is 33.5 Å². The van der Waals surface area contributed by atoms with Gasteiger partial charge in [0.05, 0.1) is 7.11 Å². The summed E-state index contributed by atoms with van der Waals surface area (Å²) in [6.45, 7) is 0. The maximum Gasteiger partial charge on any atom is 0.388 e. The monoisotopic (exact) mass is 973 g/mol. The molecule has 4 heterocycles. The maximum absolute atomic E-state index is 14.0. The van der Waals surface area contributed by atoms with Crippen LogP contribution in [0.25, 0.3) is 0 Å². The minimum atomic E-state index is -1.32. The molecule has 346 valence electrons. The average molecular weight is 974 g/mol. The van der Waals surface area contributed by atoms with Crippen molar-refractivity contribution < 1.29 is 38.4 Å². The molecular weight excluding hydrogens is 929 g/mol. The lowest BCUT2D eigenvalue weighted by atomic mass is 9.77. The summed E-state index contributed by atoms with van der Waals surface area (Å²) in [5.74, 6) is -2.39. The van der Waals surface area contributed by atoms with E-state index in [9.17, 15) is 24.3 Å². The van der Waals surface area contributed by atoms with E-state index in [1.165, 1.54) is 54.0 Å². The van der Waals surface area contributed by atoms with Gasteiger partial charge in [-0.2, -0.15) is 4.57 Å². The van der Waals surface area contributed by atoms with Gasteiger partial charge in [0.15, 0.2) is 23.2 Å². The fraction of sp³-hybridized carbons (Fsp3) is 0.151. The third kappa shape index (κ3) is 8.78. The Morgan fingerprint density at radius 2 is 1.29 bits per heavy atom. The second kappa shape index (κ2) is 20.4. The van der Waals surface area contributed by atoms with Crippen LogP contribution in [-0.4, -0.2) is 81.6 Å². The number of aromatic nitrogens is 2. The van der Waals surface area contributed by atoms with Crippen molar-refractivity contribution in [1.29, 1.82) is 0 Å². The van der Waals surface area contributed by atoms with Crippen molar-refractivity contribution in [3.05, 3.63) is 226 Å². The summed E-state index contributed by atoms with van der Waals surface area (Å²) in [5, 5.41) is 22.6. The van der Waals surface area contributed by atoms with Crippen molar-refractivity contribution in [2.24, 2.45) is 5.16 Å². The summed E-state index contributed by atoms with van der Waals surface area (Å²) in [6.07, 6.45) is 3.61. The van der Waals surface area contributed by atoms with Crippen molar-refractivity contribution in [2.45, 2.75) is 27.4 Å². The number of thioether (sulfide) groups is 2. The predicted molar refractivity (Wildman–Crippen MR) is 267 cm³/mol. The topological polar surface area (TPSA) is 163 Å². The first kappa shape index (κ1) is 46.6. The number of methoxy groups -OCH3 is 1. The molecular formula is C53H45N6O7S3+. The number of nitrogens with one attached hydrogen (secondary N) is 2. The predicted octanol–water partition coefficient (Wildman–Crippen LogP) is 7.68. The zero-order valence-electron chi connectivity index (χ0n) is 37.3. The summed E-state index contributed by atoms with van der Waals surface area (Å²) in [4.78, 5) is 66.6. The van der Waals surface area contributed by atoms with Gasteiger partial charge in [0.25, 0.3) is 11.8 Å². The lowest BCUT2D eigenvalue weighted by Gasteiger charge is -2.49. The summed E-state index contributed by atoms with van der Waals surface area (Å²) in [5.41, 5.74) is 2.66. The van der Waals surface area contributed by atoms with Gasteiger partial charge in [-0.1, -0.05) is 157 Å². The van der Waals surface area contributed by atoms with Gasteiger partial charge in [-0.3, -0.25) is 14.5 Å². The first-order chi connectivity index (χ1) is 33.7. The molecule has 1 fully saturated rings. The second-order valence-electron chi connectivity index (χ2n) is 15.9. The fourth-order valence-electron chi connectivity index (χ4n) is 8.90. The van der Waals surface area contributed by atoms with Crippen LogP contribution in [0.15, 0.2) is 203 Å². The molecule has 13 nitrogen and oxygen atoms in total. The Labute approximate surface area is 410 Å². The molecule has 0 bridgehead atoms. The Morgan fingerprint density at radius 1 is 0.783 bits per heavy atom. The van der Waals surface area contributed by atoms with E-state index >= 15 is 0 Å². The highest BCUT2D eigenvalue weighted by atomic mass is 32.2. The normalized spacial score (nSPS) is 15.9. The number of carboxylic acids is 1. The molecule has 1 saturated heterocycles. The van der Waals surface area contributed by atoms with Gasteiger partial charge in [0.2, 0.25) is 0 Å². The van der Waals surface area contributed by atoms with E-state index in [0.717, 1.165) is 21.6 Å². The molecule has 7 aromatic rings. The number of anilines is 1. The molecule has 2 atom stereocenters. The molecule has 9 rings (SSSR count). The van der Waals surface area contributed by atoms with E-state index in [1.807, 2.05) is 132 Å². The molecule has 2 aliphatic heterocycles. The van der Waals surface area contributed by atoms with E-state index < -0.39 is 46.2 Å². The Morgan fingerprint density at radius 3 is 1.77 bits per heavy atom. The van der Waals surface area contributed by atoms with E-state index in [4.69, 9.17) is 14.6 Å². The molecule has 69 heavy (non-hydrogen) atoms. The number of aliphatic carboxylic acids is 1. The minimum absolute atomic E-state index is 0.106. The van der Waals surface area contributed by atoms with Crippen molar-refractivity contribution in [3.63, 3.8) is 0 Å². The highest BCUT2D eigenvalue weighted by Gasteiger charge is 2.55. The number of carboxylic acid groups (broad SMARTS) is 1. The second-order valence-corrected chi connectivity index (χ2v) is 18.9. The van der Waals surface area contributed by atoms with Gasteiger partial charge in [-0.15, -0.1) is 34.9 Å². The van der Waals surface area contributed by atoms with Crippen molar-refractivity contribution in [1.82, 2.24) is 15.2 Å². The first-order valence-electron chi connectivity index (χ1n) is 21.8. The van der Waals surface area contributed by atoms with Crippen LogP contribution in [0, 0.1) is 0 Å². The first-order valence-corrected chi connectivity index (χ1v) is 24.7. The van der Waals surface area contributed by atoms with Gasteiger partial charge < -0.3 is 25.3 Å². The number of fused-ring (bicyclic) bond motifs is 1. The van der Waals surface area contributed by atoms with E-state index in [-0.39, 0.29) is 22.9 Å². The number of hydrogen-bond acceptors (Lipinski definition) is 12. The van der Waals surface area contributed by atoms with Crippen LogP contribution in [0.4, 0.5) is 5.13 Å². The number of esters is 1. The molecule has 0 saturated carbocycles. The average Bonchev–Trinajstić information content (AvgIpc) is 3.87. The van der Waals surface area contributed by atoms with Crippen LogP contribution in [0.5, 0.6) is 0 Å². The standard InChI is InChI=1S/C53H44N6O7S3/c1-65-50(64)53(39-24-14-6-15-25-39,40-26-16-7-17-27-40)58-30-28-41(29-31-58)67-32-35-33-68-48-44(47(61)59(48)45(35)49(62)63)55-46(60)43(57-66-2)42-34-69-51(54-42)56-52(36-18-8-3-9-19-36,37-20-10-4-11-21-37)38-22-12-5-13-23-38/h3-31,34,44,48H,32-33H2,1-2H3,(H2-,54,55,56,60,62,63)/p+1/t44-,48-/m1/s1. The Balaban J connectivity index is 0.917. The maximum atomic E-state index is 14.0. The van der Waals surface area contributed by atoms with Crippen LogP contribution >= 0.6 is 34.9 Å². The summed E-state index contributed by atoms with van der Waals surface area (Å²) < 4.78 is 7.24. The molecule has 0 spiro atoms. The number of pyridine rings is 1. The fourth-order valence-corrected chi connectivity index (χ4v) is 12.0. The largest absolute Gasteiger partial charge is 0.477 e. The molecule has 2 amide bonds. The third-order valence-electron chi connectivity index (χ3n) is 12.1.